The molecule has 2 rings (SSSR count). The molecule has 0 saturated carbocycles. The van der Waals surface area contributed by atoms with Gasteiger partial charge in [-0.1, -0.05) is 45.9 Å². The first-order chi connectivity index (χ1) is 10.2. The lowest BCUT2D eigenvalue weighted by molar-refractivity contribution is 0.241. The second kappa shape index (κ2) is 6.45. The molecule has 0 aliphatic heterocycles. The molecule has 0 aliphatic rings. The highest BCUT2D eigenvalue weighted by Crippen LogP contribution is 2.28. The predicted octanol–water partition coefficient (Wildman–Crippen LogP) is 5.36. The summed E-state index contributed by atoms with van der Waals surface area (Å²) < 4.78 is 2.39. The van der Waals surface area contributed by atoms with E-state index in [2.05, 4.69) is 81.9 Å². The van der Waals surface area contributed by atoms with Crippen LogP contribution in [-0.4, -0.2) is 10.1 Å². The van der Waals surface area contributed by atoms with Crippen LogP contribution in [0.15, 0.2) is 30.5 Å². The van der Waals surface area contributed by atoms with Crippen LogP contribution in [0.3, 0.4) is 0 Å². The van der Waals surface area contributed by atoms with E-state index in [0.29, 0.717) is 5.41 Å². The number of aryl methyl sites for hydroxylation is 1. The Morgan fingerprint density at radius 2 is 1.73 bits per heavy atom. The van der Waals surface area contributed by atoms with Gasteiger partial charge < -0.3 is 9.88 Å². The van der Waals surface area contributed by atoms with E-state index in [-0.39, 0.29) is 5.54 Å². The third kappa shape index (κ3) is 4.36. The second-order valence-electron chi connectivity index (χ2n) is 8.34. The minimum absolute atomic E-state index is 0.145. The normalized spacial score (nSPS) is 13.0. The summed E-state index contributed by atoms with van der Waals surface area (Å²) in [7, 11) is 0. The van der Waals surface area contributed by atoms with Gasteiger partial charge in [-0.3, -0.25) is 0 Å². The molecule has 1 N–H and O–H groups in total. The average Bonchev–Trinajstić information content (AvgIpc) is 2.73. The molecule has 2 aromatic rings. The minimum Gasteiger partial charge on any atom is -0.347 e. The van der Waals surface area contributed by atoms with Gasteiger partial charge in [-0.15, -0.1) is 0 Å². The molecule has 2 nitrogen and oxygen atoms in total. The maximum atomic E-state index is 3.77. The van der Waals surface area contributed by atoms with Crippen molar-refractivity contribution in [1.82, 2.24) is 9.88 Å². The van der Waals surface area contributed by atoms with Gasteiger partial charge in [0.15, 0.2) is 0 Å². The maximum Gasteiger partial charge on any atom is 0.0483 e. The van der Waals surface area contributed by atoms with E-state index >= 15 is 0 Å². The number of para-hydroxylation sites is 1. The molecule has 0 fully saturated rings. The van der Waals surface area contributed by atoms with Gasteiger partial charge in [-0.25, -0.2) is 0 Å². The molecule has 0 amide bonds. The Morgan fingerprint density at radius 1 is 1.05 bits per heavy atom. The van der Waals surface area contributed by atoms with E-state index < -0.39 is 0 Å². The van der Waals surface area contributed by atoms with Crippen molar-refractivity contribution in [2.75, 3.05) is 0 Å². The highest BCUT2D eigenvalue weighted by molar-refractivity contribution is 5.83. The molecule has 0 saturated heterocycles. The van der Waals surface area contributed by atoms with Crippen molar-refractivity contribution >= 4 is 10.9 Å². The molecule has 1 aromatic carbocycles. The van der Waals surface area contributed by atoms with Gasteiger partial charge in [0.1, 0.15) is 0 Å². The van der Waals surface area contributed by atoms with Crippen molar-refractivity contribution in [2.24, 2.45) is 5.41 Å². The van der Waals surface area contributed by atoms with Gasteiger partial charge >= 0.3 is 0 Å². The Balaban J connectivity index is 2.18. The first-order valence-electron chi connectivity index (χ1n) is 8.54. The number of hydrogen-bond donors (Lipinski definition) is 1. The lowest BCUT2D eigenvalue weighted by Crippen LogP contribution is -2.41. The number of hydrogen-bond acceptors (Lipinski definition) is 1. The fraction of sp³-hybridized carbons (Fsp3) is 0.600. The van der Waals surface area contributed by atoms with Crippen LogP contribution in [0, 0.1) is 5.41 Å². The standard InChI is InChI=1S/C20H32N2/c1-7-12-22-14-16(17-10-8-9-11-18(17)22)13-21-20(5,6)15-19(2,3)4/h8-11,14,21H,7,12-13,15H2,1-6H3. The molecular formula is C20H32N2. The monoisotopic (exact) mass is 300 g/mol. The Hall–Kier alpha value is -1.28. The maximum absolute atomic E-state index is 3.77. The van der Waals surface area contributed by atoms with E-state index in [4.69, 9.17) is 0 Å². The van der Waals surface area contributed by atoms with Gasteiger partial charge in [0.2, 0.25) is 0 Å². The third-order valence-corrected chi connectivity index (χ3v) is 4.07. The van der Waals surface area contributed by atoms with E-state index in [1.54, 1.807) is 0 Å². The van der Waals surface area contributed by atoms with Crippen molar-refractivity contribution in [3.63, 3.8) is 0 Å². The lowest BCUT2D eigenvalue weighted by atomic mass is 9.82. The molecule has 0 bridgehead atoms. The van der Waals surface area contributed by atoms with Crippen molar-refractivity contribution in [1.29, 1.82) is 0 Å². The second-order valence-corrected chi connectivity index (χ2v) is 8.34. The molecule has 1 heterocycles. The summed E-state index contributed by atoms with van der Waals surface area (Å²) in [4.78, 5) is 0. The van der Waals surface area contributed by atoms with Crippen LogP contribution in [0.25, 0.3) is 10.9 Å². The van der Waals surface area contributed by atoms with Crippen molar-refractivity contribution < 1.29 is 0 Å². The van der Waals surface area contributed by atoms with E-state index in [0.717, 1.165) is 19.5 Å². The van der Waals surface area contributed by atoms with Crippen LogP contribution in [-0.2, 0) is 13.1 Å². The third-order valence-electron chi connectivity index (χ3n) is 4.07. The molecule has 0 aliphatic carbocycles. The van der Waals surface area contributed by atoms with Crippen molar-refractivity contribution in [3.05, 3.63) is 36.0 Å². The smallest absolute Gasteiger partial charge is 0.0483 e. The summed E-state index contributed by atoms with van der Waals surface area (Å²) in [5.74, 6) is 0. The summed E-state index contributed by atoms with van der Waals surface area (Å²) in [5, 5.41) is 5.15. The fourth-order valence-electron chi connectivity index (χ4n) is 3.61. The van der Waals surface area contributed by atoms with E-state index in [1.165, 1.54) is 22.9 Å². The molecule has 0 radical (unpaired) electrons. The number of benzene rings is 1. The molecule has 1 aromatic heterocycles. The van der Waals surface area contributed by atoms with Crippen molar-refractivity contribution in [3.8, 4) is 0 Å². The SMILES string of the molecule is CCCn1cc(CNC(C)(C)CC(C)(C)C)c2ccccc21. The molecular weight excluding hydrogens is 268 g/mol. The average molecular weight is 300 g/mol. The van der Waals surface area contributed by atoms with Crippen LogP contribution < -0.4 is 5.32 Å². The van der Waals surface area contributed by atoms with Gasteiger partial charge in [0.25, 0.3) is 0 Å². The van der Waals surface area contributed by atoms with Crippen LogP contribution in [0.2, 0.25) is 0 Å². The van der Waals surface area contributed by atoms with Crippen LogP contribution in [0.4, 0.5) is 0 Å². The molecule has 122 valence electrons. The lowest BCUT2D eigenvalue weighted by Gasteiger charge is -2.33. The topological polar surface area (TPSA) is 17.0 Å². The summed E-state index contributed by atoms with van der Waals surface area (Å²) in [6.45, 7) is 15.8. The molecule has 22 heavy (non-hydrogen) atoms. The number of rotatable bonds is 6. The van der Waals surface area contributed by atoms with Gasteiger partial charge in [-0.2, -0.15) is 0 Å². The van der Waals surface area contributed by atoms with Gasteiger partial charge in [-0.05, 0) is 43.7 Å². The van der Waals surface area contributed by atoms with Crippen LogP contribution in [0.1, 0.15) is 59.9 Å². The predicted molar refractivity (Wildman–Crippen MR) is 97.2 cm³/mol. The number of fused-ring (bicyclic) bond motifs is 1. The Bertz CT molecular complexity index is 614. The molecule has 0 unspecified atom stereocenters. The van der Waals surface area contributed by atoms with E-state index in [1.807, 2.05) is 0 Å². The van der Waals surface area contributed by atoms with Gasteiger partial charge in [0, 0.05) is 35.7 Å². The molecule has 2 heteroatoms. The number of aromatic nitrogens is 1. The highest BCUT2D eigenvalue weighted by Gasteiger charge is 2.25. The summed E-state index contributed by atoms with van der Waals surface area (Å²) >= 11 is 0. The summed E-state index contributed by atoms with van der Waals surface area (Å²) in [6.07, 6.45) is 4.66. The Labute approximate surface area is 135 Å². The first kappa shape index (κ1) is 17.1. The number of nitrogens with zero attached hydrogens (tertiary/aromatic N) is 1. The van der Waals surface area contributed by atoms with Crippen molar-refractivity contribution in [2.45, 2.75) is 73.0 Å². The number of nitrogens with one attached hydrogen (secondary N) is 1. The quantitative estimate of drug-likeness (QED) is 0.760. The zero-order valence-electron chi connectivity index (χ0n) is 15.2. The van der Waals surface area contributed by atoms with Gasteiger partial charge in [0.05, 0.1) is 0 Å². The summed E-state index contributed by atoms with van der Waals surface area (Å²) in [5.41, 5.74) is 3.25. The fourth-order valence-corrected chi connectivity index (χ4v) is 3.61. The van der Waals surface area contributed by atoms with Crippen LogP contribution >= 0.6 is 0 Å². The van der Waals surface area contributed by atoms with Crippen LogP contribution in [0.5, 0.6) is 0 Å². The Morgan fingerprint density at radius 3 is 2.36 bits per heavy atom. The molecule has 0 atom stereocenters. The Kier molecular flexibility index (Phi) is 5.01. The highest BCUT2D eigenvalue weighted by atomic mass is 15.0. The zero-order valence-corrected chi connectivity index (χ0v) is 15.2. The first-order valence-corrected chi connectivity index (χ1v) is 8.54. The van der Waals surface area contributed by atoms with E-state index in [9.17, 15) is 0 Å². The summed E-state index contributed by atoms with van der Waals surface area (Å²) in [6, 6.07) is 8.75. The molecule has 0 spiro atoms. The zero-order chi connectivity index (χ0) is 16.4. The minimum atomic E-state index is 0.145. The largest absolute Gasteiger partial charge is 0.347 e.